The molecule has 4 heteroatoms. The summed E-state index contributed by atoms with van der Waals surface area (Å²) in [5, 5.41) is 0. The highest BCUT2D eigenvalue weighted by Gasteiger charge is 2.67. The lowest BCUT2D eigenvalue weighted by Gasteiger charge is -2.55. The third kappa shape index (κ3) is 0.312. The molecule has 3 aliphatic heterocycles. The predicted octanol–water partition coefficient (Wildman–Crippen LogP) is 0.306. The highest BCUT2D eigenvalue weighted by Crippen LogP contribution is 2.42. The van der Waals surface area contributed by atoms with Crippen LogP contribution in [0.3, 0.4) is 0 Å². The molecule has 3 heterocycles. The van der Waals surface area contributed by atoms with Crippen molar-refractivity contribution < 1.29 is 13.3 Å². The molecule has 0 saturated carbocycles. The van der Waals surface area contributed by atoms with Crippen LogP contribution in [0, 0.1) is 0 Å². The second kappa shape index (κ2) is 0.923. The van der Waals surface area contributed by atoms with Crippen LogP contribution in [0.15, 0.2) is 0 Å². The monoisotopic (exact) mass is 118 g/mol. The Kier molecular flexibility index (Phi) is 0.531. The molecule has 0 aromatic carbocycles. The van der Waals surface area contributed by atoms with E-state index in [4.69, 9.17) is 13.3 Å². The summed E-state index contributed by atoms with van der Waals surface area (Å²) in [5.41, 5.74) is 0. The van der Waals surface area contributed by atoms with Crippen LogP contribution in [0.5, 0.6) is 0 Å². The van der Waals surface area contributed by atoms with Crippen molar-refractivity contribution in [3.05, 3.63) is 0 Å². The average Bonchev–Trinajstić information content (AvgIpc) is 1.25. The molecular formula is C3H6O3Si. The van der Waals surface area contributed by atoms with Crippen molar-refractivity contribution in [2.24, 2.45) is 0 Å². The van der Waals surface area contributed by atoms with E-state index in [0.717, 1.165) is 6.04 Å². The summed E-state index contributed by atoms with van der Waals surface area (Å²) >= 11 is 0. The Morgan fingerprint density at radius 2 is 2.00 bits per heavy atom. The van der Waals surface area contributed by atoms with Crippen LogP contribution in [0.2, 0.25) is 6.04 Å². The molecule has 3 fully saturated rings. The van der Waals surface area contributed by atoms with Crippen LogP contribution in [0.1, 0.15) is 6.92 Å². The summed E-state index contributed by atoms with van der Waals surface area (Å²) in [6, 6.07) is 0.920. The molecule has 0 N–H and O–H groups in total. The van der Waals surface area contributed by atoms with Crippen LogP contribution in [0.4, 0.5) is 0 Å². The first kappa shape index (κ1) is 4.02. The molecule has 3 rings (SSSR count). The topological polar surface area (TPSA) is 27.7 Å². The van der Waals surface area contributed by atoms with Gasteiger partial charge in [0, 0.05) is 6.04 Å². The Hall–Kier alpha value is 0.0969. The Bertz CT molecular complexity index is 81.3. The van der Waals surface area contributed by atoms with Crippen LogP contribution < -0.4 is 0 Å². The summed E-state index contributed by atoms with van der Waals surface area (Å²) in [7, 11) is -1.83. The molecule has 0 aromatic heterocycles. The summed E-state index contributed by atoms with van der Waals surface area (Å²) < 4.78 is 15.2. The van der Waals surface area contributed by atoms with E-state index in [1.54, 1.807) is 0 Å². The quantitative estimate of drug-likeness (QED) is 0.464. The summed E-state index contributed by atoms with van der Waals surface area (Å²) in [6.07, 6.45) is 0. The second-order valence-electron chi connectivity index (χ2n) is 1.68. The normalized spacial score (nSPS) is 55.3. The molecule has 0 unspecified atom stereocenters. The Labute approximate surface area is 42.5 Å². The van der Waals surface area contributed by atoms with Crippen LogP contribution in [0.25, 0.3) is 0 Å². The van der Waals surface area contributed by atoms with Gasteiger partial charge in [-0.15, -0.1) is 0 Å². The van der Waals surface area contributed by atoms with Gasteiger partial charge < -0.3 is 13.3 Å². The van der Waals surface area contributed by atoms with Crippen LogP contribution in [-0.4, -0.2) is 15.3 Å². The van der Waals surface area contributed by atoms with Crippen molar-refractivity contribution in [1.82, 2.24) is 0 Å². The zero-order chi connectivity index (χ0) is 4.91. The fraction of sp³-hybridized carbons (Fsp3) is 1.00. The minimum Gasteiger partial charge on any atom is -0.324 e. The van der Waals surface area contributed by atoms with Gasteiger partial charge >= 0.3 is 8.80 Å². The van der Waals surface area contributed by atoms with Crippen molar-refractivity contribution in [2.75, 3.05) is 0 Å². The van der Waals surface area contributed by atoms with Crippen LogP contribution in [-0.2, 0) is 13.3 Å². The predicted molar refractivity (Wildman–Crippen MR) is 23.3 cm³/mol. The smallest absolute Gasteiger partial charge is 0.324 e. The summed E-state index contributed by atoms with van der Waals surface area (Å²) in [6.45, 7) is 1.76. The van der Waals surface area contributed by atoms with Gasteiger partial charge in [-0.3, -0.25) is 0 Å². The molecule has 3 nitrogen and oxygen atoms in total. The van der Waals surface area contributed by atoms with E-state index < -0.39 is 8.80 Å². The fourth-order valence-electron chi connectivity index (χ4n) is 0.716. The fourth-order valence-corrected chi connectivity index (χ4v) is 2.15. The lowest BCUT2D eigenvalue weighted by molar-refractivity contribution is -0.392. The Balaban J connectivity index is 2.03. The van der Waals surface area contributed by atoms with Crippen molar-refractivity contribution in [2.45, 2.75) is 19.4 Å². The molecule has 0 spiro atoms. The standard InChI is InChI=1S/C3H6O3Si/c1-2-7-4-3(5-7)6-7/h3H,2H2,1H3. The zero-order valence-corrected chi connectivity index (χ0v) is 5.01. The van der Waals surface area contributed by atoms with Crippen LogP contribution >= 0.6 is 0 Å². The van der Waals surface area contributed by atoms with Crippen molar-refractivity contribution in [3.63, 3.8) is 0 Å². The molecule has 0 aromatic rings. The minimum absolute atomic E-state index is 0.258. The molecule has 0 radical (unpaired) electrons. The van der Waals surface area contributed by atoms with Gasteiger partial charge in [-0.2, -0.15) is 0 Å². The molecule has 0 atom stereocenters. The van der Waals surface area contributed by atoms with Gasteiger partial charge in [0.15, 0.2) is 0 Å². The van der Waals surface area contributed by atoms with E-state index >= 15 is 0 Å². The van der Waals surface area contributed by atoms with Gasteiger partial charge in [0.05, 0.1) is 0 Å². The molecule has 3 saturated heterocycles. The van der Waals surface area contributed by atoms with Gasteiger partial charge in [-0.25, -0.2) is 0 Å². The van der Waals surface area contributed by atoms with Gasteiger partial charge in [0.2, 0.25) is 0 Å². The van der Waals surface area contributed by atoms with E-state index in [1.165, 1.54) is 0 Å². The van der Waals surface area contributed by atoms with E-state index in [2.05, 4.69) is 0 Å². The number of hydrogen-bond donors (Lipinski definition) is 0. The Morgan fingerprint density at radius 3 is 2.00 bits per heavy atom. The first-order chi connectivity index (χ1) is 3.35. The van der Waals surface area contributed by atoms with Crippen molar-refractivity contribution >= 4 is 8.80 Å². The van der Waals surface area contributed by atoms with Crippen molar-refractivity contribution in [3.8, 4) is 0 Å². The minimum atomic E-state index is -1.83. The molecule has 3 aliphatic rings. The first-order valence-electron chi connectivity index (χ1n) is 2.38. The summed E-state index contributed by atoms with van der Waals surface area (Å²) in [4.78, 5) is 0. The SMILES string of the molecule is CC[Si]12OC(O1)O2. The lowest BCUT2D eigenvalue weighted by Crippen LogP contribution is -2.75. The molecule has 0 aliphatic carbocycles. The number of rotatable bonds is 1. The van der Waals surface area contributed by atoms with Gasteiger partial charge in [-0.1, -0.05) is 6.92 Å². The zero-order valence-electron chi connectivity index (χ0n) is 4.01. The molecular weight excluding hydrogens is 112 g/mol. The Morgan fingerprint density at radius 1 is 1.43 bits per heavy atom. The molecule has 7 heavy (non-hydrogen) atoms. The largest absolute Gasteiger partial charge is 0.511 e. The number of hydrogen-bond acceptors (Lipinski definition) is 3. The third-order valence-corrected chi connectivity index (χ3v) is 3.78. The first-order valence-corrected chi connectivity index (χ1v) is 4.31. The van der Waals surface area contributed by atoms with E-state index in [0.29, 0.717) is 0 Å². The maximum absolute atomic E-state index is 5.06. The highest BCUT2D eigenvalue weighted by molar-refractivity contribution is 6.65. The average molecular weight is 118 g/mol. The van der Waals surface area contributed by atoms with E-state index in [1.807, 2.05) is 6.92 Å². The molecule has 0 amide bonds. The maximum Gasteiger partial charge on any atom is 0.511 e. The molecule has 2 bridgehead atoms. The molecule has 40 valence electrons. The highest BCUT2D eigenvalue weighted by atomic mass is 28.4. The lowest BCUT2D eigenvalue weighted by atomic mass is 11.0. The second-order valence-corrected chi connectivity index (χ2v) is 4.46. The van der Waals surface area contributed by atoms with E-state index in [-0.39, 0.29) is 6.48 Å². The van der Waals surface area contributed by atoms with Gasteiger partial charge in [-0.05, 0) is 0 Å². The van der Waals surface area contributed by atoms with Gasteiger partial charge in [0.1, 0.15) is 0 Å². The summed E-state index contributed by atoms with van der Waals surface area (Å²) in [5.74, 6) is 0. The third-order valence-electron chi connectivity index (χ3n) is 1.26. The van der Waals surface area contributed by atoms with Crippen molar-refractivity contribution in [1.29, 1.82) is 0 Å². The van der Waals surface area contributed by atoms with E-state index in [9.17, 15) is 0 Å². The maximum atomic E-state index is 5.06. The van der Waals surface area contributed by atoms with Gasteiger partial charge in [0.25, 0.3) is 6.48 Å².